The van der Waals surface area contributed by atoms with Gasteiger partial charge in [0.15, 0.2) is 0 Å². The maximum atomic E-state index is 11.7. The number of anilines is 1. The van der Waals surface area contributed by atoms with E-state index in [9.17, 15) is 9.59 Å². The van der Waals surface area contributed by atoms with Crippen molar-refractivity contribution in [3.05, 3.63) is 30.1 Å². The van der Waals surface area contributed by atoms with Gasteiger partial charge in [0.1, 0.15) is 6.33 Å². The largest absolute Gasteiger partial charge is 0.481 e. The van der Waals surface area contributed by atoms with Gasteiger partial charge < -0.3 is 16.2 Å². The van der Waals surface area contributed by atoms with Gasteiger partial charge in [0, 0.05) is 5.69 Å². The summed E-state index contributed by atoms with van der Waals surface area (Å²) in [6.07, 6.45) is 1.04. The van der Waals surface area contributed by atoms with Gasteiger partial charge in [0.2, 0.25) is 5.91 Å². The van der Waals surface area contributed by atoms with E-state index in [-0.39, 0.29) is 0 Å². The molecule has 21 heavy (non-hydrogen) atoms. The van der Waals surface area contributed by atoms with Crippen molar-refractivity contribution in [3.63, 3.8) is 0 Å². The molecule has 0 fully saturated rings. The Kier molecular flexibility index (Phi) is 4.24. The number of aryl methyl sites for hydroxylation is 1. The van der Waals surface area contributed by atoms with Crippen LogP contribution in [0.5, 0.6) is 0 Å². The highest BCUT2D eigenvalue weighted by Gasteiger charge is 2.17. The summed E-state index contributed by atoms with van der Waals surface area (Å²) in [7, 11) is 0. The highest BCUT2D eigenvalue weighted by atomic mass is 16.4. The number of carboxylic acid groups (broad SMARTS) is 1. The van der Waals surface area contributed by atoms with E-state index in [2.05, 4.69) is 20.8 Å². The highest BCUT2D eigenvalue weighted by Crippen LogP contribution is 2.18. The number of benzene rings is 1. The molecule has 0 saturated carbocycles. The summed E-state index contributed by atoms with van der Waals surface area (Å²) in [6, 6.07) is 4.03. The molecule has 2 aromatic rings. The maximum Gasteiger partial charge on any atom is 0.305 e. The Hall–Kier alpha value is -2.81. The van der Waals surface area contributed by atoms with Gasteiger partial charge >= 0.3 is 5.97 Å². The minimum Gasteiger partial charge on any atom is -0.481 e. The van der Waals surface area contributed by atoms with Gasteiger partial charge in [0.05, 0.1) is 18.2 Å². The number of hydrogen-bond acceptors (Lipinski definition) is 6. The van der Waals surface area contributed by atoms with Gasteiger partial charge in [-0.05, 0) is 41.1 Å². The number of nitrogens with two attached hydrogens (primary N) is 1. The molecule has 0 aliphatic heterocycles. The van der Waals surface area contributed by atoms with Crippen LogP contribution in [-0.2, 0) is 9.59 Å². The number of aliphatic carboxylic acids is 1. The van der Waals surface area contributed by atoms with Crippen molar-refractivity contribution in [1.82, 2.24) is 20.2 Å². The fraction of sp³-hybridized carbons (Fsp3) is 0.250. The highest BCUT2D eigenvalue weighted by molar-refractivity contribution is 5.96. The second kappa shape index (κ2) is 6.09. The van der Waals surface area contributed by atoms with Crippen LogP contribution in [0, 0.1) is 6.92 Å². The lowest BCUT2D eigenvalue weighted by Crippen LogP contribution is -2.37. The molecule has 1 atom stereocenters. The Morgan fingerprint density at radius 3 is 2.81 bits per heavy atom. The van der Waals surface area contributed by atoms with Crippen molar-refractivity contribution in [1.29, 1.82) is 0 Å². The number of carbonyl (C=O) groups excluding carboxylic acids is 1. The maximum absolute atomic E-state index is 11.7. The number of rotatable bonds is 5. The quantitative estimate of drug-likeness (QED) is 0.688. The third-order valence-electron chi connectivity index (χ3n) is 2.79. The van der Waals surface area contributed by atoms with E-state index < -0.39 is 24.3 Å². The van der Waals surface area contributed by atoms with Gasteiger partial charge in [-0.1, -0.05) is 0 Å². The molecular formula is C12H14N6O3. The van der Waals surface area contributed by atoms with E-state index in [1.165, 1.54) is 11.0 Å². The molecule has 0 radical (unpaired) electrons. The zero-order valence-corrected chi connectivity index (χ0v) is 11.2. The molecule has 1 aromatic carbocycles. The lowest BCUT2D eigenvalue weighted by atomic mass is 10.1. The number of nitrogens with zero attached hydrogens (tertiary/aromatic N) is 4. The molecule has 0 aliphatic carbocycles. The molecule has 0 bridgehead atoms. The first-order valence-electron chi connectivity index (χ1n) is 6.09. The van der Waals surface area contributed by atoms with Gasteiger partial charge in [-0.15, -0.1) is 5.10 Å². The molecule has 9 nitrogen and oxygen atoms in total. The third kappa shape index (κ3) is 3.60. The van der Waals surface area contributed by atoms with Crippen LogP contribution in [0.1, 0.15) is 12.0 Å². The van der Waals surface area contributed by atoms with Gasteiger partial charge in [-0.3, -0.25) is 9.59 Å². The van der Waals surface area contributed by atoms with Crippen LogP contribution in [0.25, 0.3) is 5.69 Å². The van der Waals surface area contributed by atoms with Gasteiger partial charge in [-0.25, -0.2) is 4.68 Å². The summed E-state index contributed by atoms with van der Waals surface area (Å²) in [4.78, 5) is 22.3. The first kappa shape index (κ1) is 14.6. The first-order chi connectivity index (χ1) is 9.97. The normalized spacial score (nSPS) is 11.9. The Bertz CT molecular complexity index is 655. The lowest BCUT2D eigenvalue weighted by molar-refractivity contribution is -0.138. The lowest BCUT2D eigenvalue weighted by Gasteiger charge is -2.12. The molecule has 110 valence electrons. The number of nitrogens with one attached hydrogen (secondary N) is 1. The van der Waals surface area contributed by atoms with E-state index in [4.69, 9.17) is 10.8 Å². The minimum atomic E-state index is -1.12. The summed E-state index contributed by atoms with van der Waals surface area (Å²) >= 11 is 0. The summed E-state index contributed by atoms with van der Waals surface area (Å²) < 4.78 is 1.50. The van der Waals surface area contributed by atoms with Crippen molar-refractivity contribution < 1.29 is 14.7 Å². The monoisotopic (exact) mass is 290 g/mol. The first-order valence-corrected chi connectivity index (χ1v) is 6.09. The number of hydrogen-bond donors (Lipinski definition) is 3. The smallest absolute Gasteiger partial charge is 0.305 e. The number of amides is 1. The van der Waals surface area contributed by atoms with Crippen LogP contribution in [0.3, 0.4) is 0 Å². The molecule has 1 heterocycles. The van der Waals surface area contributed by atoms with E-state index in [0.29, 0.717) is 5.69 Å². The fourth-order valence-electron chi connectivity index (χ4n) is 1.78. The molecule has 4 N–H and O–H groups in total. The number of tetrazole rings is 1. The predicted octanol–water partition coefficient (Wildman–Crippen LogP) is -0.289. The van der Waals surface area contributed by atoms with Crippen LogP contribution in [0.15, 0.2) is 24.5 Å². The molecule has 0 aliphatic rings. The third-order valence-corrected chi connectivity index (χ3v) is 2.79. The summed E-state index contributed by atoms with van der Waals surface area (Å²) in [5, 5.41) is 22.1. The molecule has 1 unspecified atom stereocenters. The van der Waals surface area contributed by atoms with Gasteiger partial charge in [0.25, 0.3) is 0 Å². The Morgan fingerprint density at radius 2 is 2.24 bits per heavy atom. The summed E-state index contributed by atoms with van der Waals surface area (Å²) in [5.41, 5.74) is 7.62. The van der Waals surface area contributed by atoms with Crippen molar-refractivity contribution in [3.8, 4) is 5.69 Å². The standard InChI is InChI=1S/C12H14N6O3/c1-7-4-8(15-12(21)9(13)5-11(19)20)2-3-10(7)18-6-14-16-17-18/h2-4,6,9H,5,13H2,1H3,(H,15,21)(H,19,20). The van der Waals surface area contributed by atoms with Crippen LogP contribution in [-0.4, -0.2) is 43.2 Å². The second-order valence-corrected chi connectivity index (χ2v) is 4.45. The SMILES string of the molecule is Cc1cc(NC(=O)C(N)CC(=O)O)ccc1-n1cnnn1. The molecule has 2 rings (SSSR count). The Labute approximate surface area is 119 Å². The van der Waals surface area contributed by atoms with Crippen LogP contribution >= 0.6 is 0 Å². The van der Waals surface area contributed by atoms with Crippen molar-refractivity contribution in [2.24, 2.45) is 5.73 Å². The fourth-order valence-corrected chi connectivity index (χ4v) is 1.78. The number of carbonyl (C=O) groups is 2. The van der Waals surface area contributed by atoms with E-state index in [0.717, 1.165) is 11.3 Å². The Morgan fingerprint density at radius 1 is 1.48 bits per heavy atom. The molecule has 1 aromatic heterocycles. The molecule has 0 spiro atoms. The zero-order chi connectivity index (χ0) is 15.4. The molecule has 1 amide bonds. The van der Waals surface area contributed by atoms with Crippen molar-refractivity contribution >= 4 is 17.6 Å². The number of aromatic nitrogens is 4. The van der Waals surface area contributed by atoms with Crippen molar-refractivity contribution in [2.75, 3.05) is 5.32 Å². The van der Waals surface area contributed by atoms with E-state index in [1.54, 1.807) is 18.2 Å². The topological polar surface area (TPSA) is 136 Å². The van der Waals surface area contributed by atoms with E-state index >= 15 is 0 Å². The van der Waals surface area contributed by atoms with Crippen molar-refractivity contribution in [2.45, 2.75) is 19.4 Å². The summed E-state index contributed by atoms with van der Waals surface area (Å²) in [6.45, 7) is 1.84. The van der Waals surface area contributed by atoms with Crippen LogP contribution in [0.4, 0.5) is 5.69 Å². The molecule has 9 heteroatoms. The second-order valence-electron chi connectivity index (χ2n) is 4.45. The van der Waals surface area contributed by atoms with Gasteiger partial charge in [-0.2, -0.15) is 0 Å². The summed E-state index contributed by atoms with van der Waals surface area (Å²) in [5.74, 6) is -1.67. The van der Waals surface area contributed by atoms with Crippen LogP contribution in [0.2, 0.25) is 0 Å². The predicted molar refractivity (Wildman–Crippen MR) is 72.7 cm³/mol. The average molecular weight is 290 g/mol. The number of carboxylic acids is 1. The zero-order valence-electron chi connectivity index (χ0n) is 11.2. The molecule has 0 saturated heterocycles. The van der Waals surface area contributed by atoms with E-state index in [1.807, 2.05) is 6.92 Å². The average Bonchev–Trinajstić information content (AvgIpc) is 2.91. The molecular weight excluding hydrogens is 276 g/mol. The Balaban J connectivity index is 2.10. The van der Waals surface area contributed by atoms with Crippen LogP contribution < -0.4 is 11.1 Å². The minimum absolute atomic E-state index is 0.423.